The Kier molecular flexibility index (Phi) is 7.26. The molecule has 0 aromatic heterocycles. The molecule has 0 radical (unpaired) electrons. The summed E-state index contributed by atoms with van der Waals surface area (Å²) in [4.78, 5) is 12.7. The van der Waals surface area contributed by atoms with Gasteiger partial charge in [-0.1, -0.05) is 30.7 Å². The molecule has 5 nitrogen and oxygen atoms in total. The summed E-state index contributed by atoms with van der Waals surface area (Å²) in [7, 11) is -3.77. The van der Waals surface area contributed by atoms with Gasteiger partial charge in [0.1, 0.15) is 0 Å². The van der Waals surface area contributed by atoms with Crippen LogP contribution in [0.5, 0.6) is 0 Å². The van der Waals surface area contributed by atoms with E-state index in [4.69, 9.17) is 11.6 Å². The quantitative estimate of drug-likeness (QED) is 0.728. The van der Waals surface area contributed by atoms with Crippen molar-refractivity contribution in [3.8, 4) is 0 Å². The molecule has 2 aromatic rings. The van der Waals surface area contributed by atoms with Crippen molar-refractivity contribution in [2.24, 2.45) is 0 Å². The van der Waals surface area contributed by atoms with E-state index in [-0.39, 0.29) is 29.9 Å². The van der Waals surface area contributed by atoms with Gasteiger partial charge in [-0.25, -0.2) is 8.42 Å². The van der Waals surface area contributed by atoms with Crippen LogP contribution in [-0.2, 0) is 14.8 Å². The fraction of sp³-hybridized carbons (Fsp3) is 0.381. The Morgan fingerprint density at radius 2 is 1.64 bits per heavy atom. The predicted octanol–water partition coefficient (Wildman–Crippen LogP) is 4.15. The number of rotatable bonds is 7. The highest BCUT2D eigenvalue weighted by molar-refractivity contribution is 7.89. The van der Waals surface area contributed by atoms with Crippen LogP contribution in [0.2, 0.25) is 5.02 Å². The lowest BCUT2D eigenvalue weighted by atomic mass is 9.96. The summed E-state index contributed by atoms with van der Waals surface area (Å²) in [5.74, 6) is -0.343. The third-order valence-electron chi connectivity index (χ3n) is 4.85. The number of benzene rings is 2. The molecule has 7 heteroatoms. The number of amides is 1. The zero-order valence-electron chi connectivity index (χ0n) is 16.9. The second kappa shape index (κ2) is 9.07. The van der Waals surface area contributed by atoms with E-state index >= 15 is 0 Å². The second-order valence-corrected chi connectivity index (χ2v) is 9.34. The highest BCUT2D eigenvalue weighted by atomic mass is 35.5. The van der Waals surface area contributed by atoms with Gasteiger partial charge in [-0.05, 0) is 74.2 Å². The first-order valence-corrected chi connectivity index (χ1v) is 11.0. The van der Waals surface area contributed by atoms with Crippen LogP contribution in [0.3, 0.4) is 0 Å². The molecule has 1 amide bonds. The third kappa shape index (κ3) is 5.13. The van der Waals surface area contributed by atoms with Gasteiger partial charge in [0, 0.05) is 11.6 Å². The standard InChI is InChI=1S/C21H27ClN2O3S/c1-6-24(28(26,27)19-9-7-18(22)8-10-19)13-21(25)23-17(5)20-12-15(3)14(2)11-16(20)4/h7-12,17H,6,13H2,1-5H3,(H,23,25)/t17-/m0/s1. The molecule has 0 bridgehead atoms. The lowest BCUT2D eigenvalue weighted by molar-refractivity contribution is -0.121. The highest BCUT2D eigenvalue weighted by Crippen LogP contribution is 2.22. The van der Waals surface area contributed by atoms with Crippen molar-refractivity contribution in [2.45, 2.75) is 45.6 Å². The van der Waals surface area contributed by atoms with Crippen LogP contribution in [0.25, 0.3) is 0 Å². The molecule has 0 saturated carbocycles. The maximum atomic E-state index is 12.8. The lowest BCUT2D eigenvalue weighted by Gasteiger charge is -2.23. The highest BCUT2D eigenvalue weighted by Gasteiger charge is 2.26. The number of aryl methyl sites for hydroxylation is 3. The molecule has 0 aliphatic rings. The number of nitrogens with zero attached hydrogens (tertiary/aromatic N) is 1. The van der Waals surface area contributed by atoms with Gasteiger partial charge in [0.25, 0.3) is 0 Å². The number of likely N-dealkylation sites (N-methyl/N-ethyl adjacent to an activating group) is 1. The van der Waals surface area contributed by atoms with Crippen LogP contribution in [0.1, 0.15) is 42.1 Å². The first-order valence-electron chi connectivity index (χ1n) is 9.19. The van der Waals surface area contributed by atoms with Crippen molar-refractivity contribution >= 4 is 27.5 Å². The summed E-state index contributed by atoms with van der Waals surface area (Å²) in [6, 6.07) is 9.87. The van der Waals surface area contributed by atoms with Crippen molar-refractivity contribution in [3.63, 3.8) is 0 Å². The van der Waals surface area contributed by atoms with Crippen LogP contribution in [0, 0.1) is 20.8 Å². The second-order valence-electron chi connectivity index (χ2n) is 6.97. The van der Waals surface area contributed by atoms with Crippen LogP contribution in [0.4, 0.5) is 0 Å². The molecular formula is C21H27ClN2O3S. The fourth-order valence-corrected chi connectivity index (χ4v) is 4.63. The first kappa shape index (κ1) is 22.4. The van der Waals surface area contributed by atoms with Gasteiger partial charge < -0.3 is 5.32 Å². The van der Waals surface area contributed by atoms with E-state index < -0.39 is 10.0 Å². The minimum atomic E-state index is -3.77. The van der Waals surface area contributed by atoms with E-state index in [0.29, 0.717) is 5.02 Å². The molecule has 0 aliphatic carbocycles. The van der Waals surface area contributed by atoms with Crippen LogP contribution < -0.4 is 5.32 Å². The number of hydrogen-bond donors (Lipinski definition) is 1. The Morgan fingerprint density at radius 1 is 1.07 bits per heavy atom. The molecule has 0 fully saturated rings. The summed E-state index contributed by atoms with van der Waals surface area (Å²) in [5, 5.41) is 3.37. The summed E-state index contributed by atoms with van der Waals surface area (Å²) >= 11 is 5.84. The number of hydrogen-bond acceptors (Lipinski definition) is 3. The Morgan fingerprint density at radius 3 is 2.21 bits per heavy atom. The van der Waals surface area contributed by atoms with E-state index in [1.807, 2.05) is 20.8 Å². The maximum Gasteiger partial charge on any atom is 0.243 e. The average molecular weight is 423 g/mol. The summed E-state index contributed by atoms with van der Waals surface area (Å²) in [5.41, 5.74) is 4.48. The van der Waals surface area contributed by atoms with Crippen molar-refractivity contribution in [1.82, 2.24) is 9.62 Å². The van der Waals surface area contributed by atoms with Crippen molar-refractivity contribution in [1.29, 1.82) is 0 Å². The SMILES string of the molecule is CCN(CC(=O)N[C@@H](C)c1cc(C)c(C)cc1C)S(=O)(=O)c1ccc(Cl)cc1. The molecule has 0 aliphatic heterocycles. The number of carbonyl (C=O) groups is 1. The molecule has 1 atom stereocenters. The summed E-state index contributed by atoms with van der Waals surface area (Å²) in [6.45, 7) is 9.65. The molecule has 1 N–H and O–H groups in total. The Labute approximate surface area is 172 Å². The first-order chi connectivity index (χ1) is 13.1. The Hall–Kier alpha value is -1.89. The van der Waals surface area contributed by atoms with Gasteiger partial charge in [0.2, 0.25) is 15.9 Å². The number of carbonyl (C=O) groups excluding carboxylic acids is 1. The Bertz CT molecular complexity index is 956. The minimum Gasteiger partial charge on any atom is -0.348 e. The smallest absolute Gasteiger partial charge is 0.243 e. The van der Waals surface area contributed by atoms with E-state index in [1.165, 1.54) is 29.8 Å². The fourth-order valence-electron chi connectivity index (χ4n) is 3.10. The van der Waals surface area contributed by atoms with Crippen LogP contribution in [-0.4, -0.2) is 31.7 Å². The van der Waals surface area contributed by atoms with Crippen molar-refractivity contribution in [3.05, 3.63) is 63.7 Å². The molecule has 0 spiro atoms. The zero-order valence-corrected chi connectivity index (χ0v) is 18.5. The summed E-state index contributed by atoms with van der Waals surface area (Å²) < 4.78 is 26.8. The van der Waals surface area contributed by atoms with Gasteiger partial charge in [0.05, 0.1) is 17.5 Å². The lowest BCUT2D eigenvalue weighted by Crippen LogP contribution is -2.41. The molecule has 2 aromatic carbocycles. The van der Waals surface area contributed by atoms with Gasteiger partial charge in [-0.2, -0.15) is 4.31 Å². The topological polar surface area (TPSA) is 66.5 Å². The van der Waals surface area contributed by atoms with Crippen LogP contribution >= 0.6 is 11.6 Å². The molecule has 28 heavy (non-hydrogen) atoms. The molecule has 0 saturated heterocycles. The van der Waals surface area contributed by atoms with E-state index in [2.05, 4.69) is 24.4 Å². The molecule has 0 unspecified atom stereocenters. The van der Waals surface area contributed by atoms with Gasteiger partial charge >= 0.3 is 0 Å². The largest absolute Gasteiger partial charge is 0.348 e. The van der Waals surface area contributed by atoms with E-state index in [9.17, 15) is 13.2 Å². The number of sulfonamides is 1. The normalized spacial score (nSPS) is 12.8. The predicted molar refractivity (Wildman–Crippen MR) is 113 cm³/mol. The Balaban J connectivity index is 2.14. The van der Waals surface area contributed by atoms with Gasteiger partial charge in [0.15, 0.2) is 0 Å². The minimum absolute atomic E-state index is 0.115. The molecular weight excluding hydrogens is 396 g/mol. The third-order valence-corrected chi connectivity index (χ3v) is 7.04. The van der Waals surface area contributed by atoms with Gasteiger partial charge in [-0.3, -0.25) is 4.79 Å². The van der Waals surface area contributed by atoms with Crippen molar-refractivity contribution in [2.75, 3.05) is 13.1 Å². The van der Waals surface area contributed by atoms with Gasteiger partial charge in [-0.15, -0.1) is 0 Å². The van der Waals surface area contributed by atoms with Crippen LogP contribution in [0.15, 0.2) is 41.3 Å². The monoisotopic (exact) mass is 422 g/mol. The molecule has 2 rings (SSSR count). The van der Waals surface area contributed by atoms with Crippen molar-refractivity contribution < 1.29 is 13.2 Å². The molecule has 152 valence electrons. The van der Waals surface area contributed by atoms with E-state index in [0.717, 1.165) is 21.0 Å². The number of halogens is 1. The summed E-state index contributed by atoms with van der Waals surface area (Å²) in [6.07, 6.45) is 0. The molecule has 0 heterocycles. The maximum absolute atomic E-state index is 12.8. The van der Waals surface area contributed by atoms with E-state index in [1.54, 1.807) is 6.92 Å². The number of nitrogens with one attached hydrogen (secondary N) is 1. The average Bonchev–Trinajstić information content (AvgIpc) is 2.62. The zero-order chi connectivity index (χ0) is 21.1.